The minimum absolute atomic E-state index is 0.631. The van der Waals surface area contributed by atoms with Gasteiger partial charge in [0.05, 0.1) is 0 Å². The molecule has 0 amide bonds. The van der Waals surface area contributed by atoms with Crippen molar-refractivity contribution in [2.24, 2.45) is 0 Å². The van der Waals surface area contributed by atoms with Gasteiger partial charge in [-0.15, -0.1) is 0 Å². The number of hydrogen-bond donors (Lipinski definition) is 1. The highest BCUT2D eigenvalue weighted by atomic mass is 15.3. The van der Waals surface area contributed by atoms with E-state index in [1.807, 2.05) is 0 Å². The molecule has 2 heterocycles. The normalized spacial score (nSPS) is 28.8. The minimum Gasteiger partial charge on any atom is -0.363 e. The summed E-state index contributed by atoms with van der Waals surface area (Å²) in [6, 6.07) is 8.02. The van der Waals surface area contributed by atoms with E-state index in [4.69, 9.17) is 0 Å². The molecule has 1 fully saturated rings. The average molecular weight is 202 g/mol. The summed E-state index contributed by atoms with van der Waals surface area (Å²) >= 11 is 0. The summed E-state index contributed by atoms with van der Waals surface area (Å²) in [5.41, 5.74) is 4.48. The van der Waals surface area contributed by atoms with Gasteiger partial charge in [0.25, 0.3) is 0 Å². The van der Waals surface area contributed by atoms with Gasteiger partial charge in [0.15, 0.2) is 0 Å². The van der Waals surface area contributed by atoms with E-state index in [9.17, 15) is 0 Å². The molecule has 0 aromatic heterocycles. The molecule has 2 nitrogen and oxygen atoms in total. The van der Waals surface area contributed by atoms with E-state index in [0.29, 0.717) is 12.1 Å². The zero-order valence-corrected chi connectivity index (χ0v) is 9.46. The van der Waals surface area contributed by atoms with Crippen molar-refractivity contribution in [3.05, 3.63) is 29.3 Å². The lowest BCUT2D eigenvalue weighted by Gasteiger charge is -2.39. The van der Waals surface area contributed by atoms with E-state index < -0.39 is 0 Å². The SMILES string of the molecule is Cc1cccc2c1N1[C@@H](CNC[C@H]1C)C2. The molecule has 0 spiro atoms. The quantitative estimate of drug-likeness (QED) is 0.689. The van der Waals surface area contributed by atoms with Gasteiger partial charge in [-0.05, 0) is 31.4 Å². The molecule has 0 aliphatic carbocycles. The number of piperazine rings is 1. The molecular formula is C13H18N2. The monoisotopic (exact) mass is 202 g/mol. The molecule has 0 saturated carbocycles. The molecule has 1 saturated heterocycles. The fourth-order valence-electron chi connectivity index (χ4n) is 3.10. The molecule has 80 valence electrons. The van der Waals surface area contributed by atoms with Gasteiger partial charge >= 0.3 is 0 Å². The zero-order valence-electron chi connectivity index (χ0n) is 9.46. The zero-order chi connectivity index (χ0) is 10.4. The van der Waals surface area contributed by atoms with Gasteiger partial charge in [-0.25, -0.2) is 0 Å². The highest BCUT2D eigenvalue weighted by Gasteiger charge is 2.35. The van der Waals surface area contributed by atoms with Crippen LogP contribution in [0, 0.1) is 6.92 Å². The first-order chi connectivity index (χ1) is 7.27. The number of aryl methyl sites for hydroxylation is 1. The van der Waals surface area contributed by atoms with E-state index in [1.165, 1.54) is 23.2 Å². The Kier molecular flexibility index (Phi) is 1.99. The largest absolute Gasteiger partial charge is 0.363 e. The van der Waals surface area contributed by atoms with Crippen LogP contribution in [0.2, 0.25) is 0 Å². The first-order valence-corrected chi connectivity index (χ1v) is 5.85. The van der Waals surface area contributed by atoms with Gasteiger partial charge in [0.1, 0.15) is 0 Å². The first-order valence-electron chi connectivity index (χ1n) is 5.85. The van der Waals surface area contributed by atoms with Gasteiger partial charge < -0.3 is 10.2 Å². The Labute approximate surface area is 91.3 Å². The van der Waals surface area contributed by atoms with Crippen LogP contribution in [0.15, 0.2) is 18.2 Å². The maximum atomic E-state index is 3.52. The molecular weight excluding hydrogens is 184 g/mol. The van der Waals surface area contributed by atoms with E-state index >= 15 is 0 Å². The average Bonchev–Trinajstić information content (AvgIpc) is 2.58. The lowest BCUT2D eigenvalue weighted by Crippen LogP contribution is -2.55. The third kappa shape index (κ3) is 1.28. The fraction of sp³-hybridized carbons (Fsp3) is 0.538. The summed E-state index contributed by atoms with van der Waals surface area (Å²) in [5, 5.41) is 3.52. The molecule has 2 aliphatic rings. The Hall–Kier alpha value is -1.02. The molecule has 2 atom stereocenters. The van der Waals surface area contributed by atoms with Gasteiger partial charge in [-0.2, -0.15) is 0 Å². The van der Waals surface area contributed by atoms with Crippen molar-refractivity contribution >= 4 is 5.69 Å². The third-order valence-electron chi connectivity index (χ3n) is 3.72. The second-order valence-corrected chi connectivity index (χ2v) is 4.86. The molecule has 1 aromatic rings. The number of anilines is 1. The van der Waals surface area contributed by atoms with Crippen molar-refractivity contribution in [1.29, 1.82) is 0 Å². The first kappa shape index (κ1) is 9.22. The molecule has 2 heteroatoms. The molecule has 1 aromatic carbocycles. The molecule has 15 heavy (non-hydrogen) atoms. The number of benzene rings is 1. The summed E-state index contributed by atoms with van der Waals surface area (Å²) in [4.78, 5) is 2.63. The molecule has 3 rings (SSSR count). The second-order valence-electron chi connectivity index (χ2n) is 4.86. The van der Waals surface area contributed by atoms with Crippen LogP contribution in [0.25, 0.3) is 0 Å². The lowest BCUT2D eigenvalue weighted by atomic mass is 10.1. The number of nitrogens with one attached hydrogen (secondary N) is 1. The van der Waals surface area contributed by atoms with Crippen molar-refractivity contribution in [3.63, 3.8) is 0 Å². The number of nitrogens with zero attached hydrogens (tertiary/aromatic N) is 1. The van der Waals surface area contributed by atoms with Crippen LogP contribution in [-0.4, -0.2) is 25.2 Å². The molecule has 0 radical (unpaired) electrons. The van der Waals surface area contributed by atoms with Crippen molar-refractivity contribution in [3.8, 4) is 0 Å². The van der Waals surface area contributed by atoms with Crippen LogP contribution in [0.3, 0.4) is 0 Å². The summed E-state index contributed by atoms with van der Waals surface area (Å²) in [7, 11) is 0. The molecule has 0 unspecified atom stereocenters. The van der Waals surface area contributed by atoms with Crippen LogP contribution in [0.4, 0.5) is 5.69 Å². The van der Waals surface area contributed by atoms with E-state index in [1.54, 1.807) is 0 Å². The summed E-state index contributed by atoms with van der Waals surface area (Å²) in [6.07, 6.45) is 1.22. The summed E-state index contributed by atoms with van der Waals surface area (Å²) in [6.45, 7) is 6.80. The van der Waals surface area contributed by atoms with Gasteiger partial charge in [0, 0.05) is 30.9 Å². The number of para-hydroxylation sites is 1. The second kappa shape index (κ2) is 3.24. The van der Waals surface area contributed by atoms with Crippen LogP contribution in [0.5, 0.6) is 0 Å². The van der Waals surface area contributed by atoms with Crippen LogP contribution in [0.1, 0.15) is 18.1 Å². The smallest absolute Gasteiger partial charge is 0.0459 e. The highest BCUT2D eigenvalue weighted by Crippen LogP contribution is 2.37. The standard InChI is InChI=1S/C13H18N2/c1-9-4-3-5-11-6-12-8-14-7-10(2)15(12)13(9)11/h3-5,10,12,14H,6-8H2,1-2H3/t10-,12-/m1/s1. The maximum absolute atomic E-state index is 3.52. The van der Waals surface area contributed by atoms with Crippen molar-refractivity contribution in [2.45, 2.75) is 32.4 Å². The lowest BCUT2D eigenvalue weighted by molar-refractivity contribution is 0.429. The van der Waals surface area contributed by atoms with E-state index in [2.05, 4.69) is 42.3 Å². The molecule has 1 N–H and O–H groups in total. The Morgan fingerprint density at radius 1 is 1.33 bits per heavy atom. The topological polar surface area (TPSA) is 15.3 Å². The molecule has 2 aliphatic heterocycles. The van der Waals surface area contributed by atoms with Crippen LogP contribution >= 0.6 is 0 Å². The number of rotatable bonds is 0. The van der Waals surface area contributed by atoms with Gasteiger partial charge in [0.2, 0.25) is 0 Å². The van der Waals surface area contributed by atoms with E-state index in [0.717, 1.165) is 13.1 Å². The van der Waals surface area contributed by atoms with Crippen molar-refractivity contribution in [1.82, 2.24) is 5.32 Å². The maximum Gasteiger partial charge on any atom is 0.0459 e. The van der Waals surface area contributed by atoms with Crippen molar-refractivity contribution < 1.29 is 0 Å². The van der Waals surface area contributed by atoms with Gasteiger partial charge in [-0.1, -0.05) is 18.2 Å². The predicted octanol–water partition coefficient (Wildman–Crippen LogP) is 1.72. The summed E-state index contributed by atoms with van der Waals surface area (Å²) in [5.74, 6) is 0. The van der Waals surface area contributed by atoms with Gasteiger partial charge in [-0.3, -0.25) is 0 Å². The van der Waals surface area contributed by atoms with Crippen LogP contribution < -0.4 is 10.2 Å². The third-order valence-corrected chi connectivity index (χ3v) is 3.72. The Balaban J connectivity index is 2.08. The Morgan fingerprint density at radius 2 is 2.20 bits per heavy atom. The predicted molar refractivity (Wildman–Crippen MR) is 63.5 cm³/mol. The highest BCUT2D eigenvalue weighted by molar-refractivity contribution is 5.65. The summed E-state index contributed by atoms with van der Waals surface area (Å²) < 4.78 is 0. The Morgan fingerprint density at radius 3 is 3.07 bits per heavy atom. The fourth-order valence-corrected chi connectivity index (χ4v) is 3.10. The number of hydrogen-bond acceptors (Lipinski definition) is 2. The molecule has 0 bridgehead atoms. The minimum atomic E-state index is 0.631. The Bertz CT molecular complexity index is 386. The van der Waals surface area contributed by atoms with Crippen LogP contribution in [-0.2, 0) is 6.42 Å². The van der Waals surface area contributed by atoms with Crippen molar-refractivity contribution in [2.75, 3.05) is 18.0 Å². The van der Waals surface area contributed by atoms with E-state index in [-0.39, 0.29) is 0 Å². The number of fused-ring (bicyclic) bond motifs is 3.